The summed E-state index contributed by atoms with van der Waals surface area (Å²) in [6, 6.07) is 8.77. The molecule has 2 heterocycles. The first kappa shape index (κ1) is 13.6. The molecule has 1 fully saturated rings. The fourth-order valence-corrected chi connectivity index (χ4v) is 2.57. The number of nitrogens with zero attached hydrogens (tertiary/aromatic N) is 5. The Morgan fingerprint density at radius 1 is 1.38 bits per heavy atom. The van der Waals surface area contributed by atoms with E-state index in [1.165, 1.54) is 0 Å². The van der Waals surface area contributed by atoms with Crippen molar-refractivity contribution in [2.24, 2.45) is 5.73 Å². The summed E-state index contributed by atoms with van der Waals surface area (Å²) in [5.41, 5.74) is 6.13. The first-order valence-corrected chi connectivity index (χ1v) is 6.65. The molecule has 21 heavy (non-hydrogen) atoms. The van der Waals surface area contributed by atoms with Gasteiger partial charge in [-0.15, -0.1) is 5.10 Å². The standard InChI is InChI=1S/C13H15FN6O/c14-9-6-11(13(15)21)19(7-9)8-12-16-17-18-20(12)10-4-2-1-3-5-10/h1-5,9,11H,6-8H2,(H2,15,21)/t9-,11+/m1/s1. The number of carbonyl (C=O) groups excluding carboxylic acids is 1. The topological polar surface area (TPSA) is 89.9 Å². The van der Waals surface area contributed by atoms with Crippen LogP contribution < -0.4 is 5.73 Å². The maximum absolute atomic E-state index is 13.5. The molecule has 1 aromatic carbocycles. The number of para-hydroxylation sites is 1. The molecule has 2 atom stereocenters. The number of carbonyl (C=O) groups is 1. The first-order valence-electron chi connectivity index (χ1n) is 6.65. The number of rotatable bonds is 4. The summed E-state index contributed by atoms with van der Waals surface area (Å²) in [6.07, 6.45) is -0.925. The summed E-state index contributed by atoms with van der Waals surface area (Å²) < 4.78 is 15.1. The number of benzene rings is 1. The molecule has 7 nitrogen and oxygen atoms in total. The third-order valence-electron chi connectivity index (χ3n) is 3.56. The fraction of sp³-hybridized carbons (Fsp3) is 0.385. The van der Waals surface area contributed by atoms with Gasteiger partial charge in [0.15, 0.2) is 5.82 Å². The molecule has 8 heteroatoms. The molecule has 110 valence electrons. The van der Waals surface area contributed by atoms with Gasteiger partial charge in [-0.1, -0.05) is 18.2 Å². The molecule has 0 spiro atoms. The molecule has 1 aliphatic rings. The van der Waals surface area contributed by atoms with Crippen molar-refractivity contribution in [3.8, 4) is 5.69 Å². The van der Waals surface area contributed by atoms with Crippen LogP contribution in [0.3, 0.4) is 0 Å². The number of likely N-dealkylation sites (tertiary alicyclic amines) is 1. The van der Waals surface area contributed by atoms with Crippen molar-refractivity contribution in [2.45, 2.75) is 25.2 Å². The minimum Gasteiger partial charge on any atom is -0.368 e. The smallest absolute Gasteiger partial charge is 0.234 e. The van der Waals surface area contributed by atoms with Crippen molar-refractivity contribution >= 4 is 5.91 Å². The summed E-state index contributed by atoms with van der Waals surface area (Å²) in [4.78, 5) is 13.1. The highest BCUT2D eigenvalue weighted by Crippen LogP contribution is 2.22. The Morgan fingerprint density at radius 2 is 2.14 bits per heavy atom. The monoisotopic (exact) mass is 290 g/mol. The quantitative estimate of drug-likeness (QED) is 0.860. The highest BCUT2D eigenvalue weighted by Gasteiger charge is 2.36. The summed E-state index contributed by atoms with van der Waals surface area (Å²) in [5.74, 6) is 0.0236. The molecule has 1 amide bonds. The molecule has 3 rings (SSSR count). The summed E-state index contributed by atoms with van der Waals surface area (Å²) in [6.45, 7) is 0.436. The SMILES string of the molecule is NC(=O)[C@@H]1C[C@@H](F)CN1Cc1nnnn1-c1ccccc1. The van der Waals surface area contributed by atoms with Crippen LogP contribution in [0.5, 0.6) is 0 Å². The highest BCUT2D eigenvalue weighted by atomic mass is 19.1. The Kier molecular flexibility index (Phi) is 3.61. The van der Waals surface area contributed by atoms with E-state index >= 15 is 0 Å². The van der Waals surface area contributed by atoms with E-state index < -0.39 is 18.1 Å². The molecule has 0 saturated carbocycles. The van der Waals surface area contributed by atoms with Crippen LogP contribution in [0.25, 0.3) is 5.69 Å². The normalized spacial score (nSPS) is 22.5. The number of hydrogen-bond donors (Lipinski definition) is 1. The van der Waals surface area contributed by atoms with Crippen LogP contribution in [0.15, 0.2) is 30.3 Å². The molecular formula is C13H15FN6O. The second kappa shape index (κ2) is 5.57. The second-order valence-electron chi connectivity index (χ2n) is 5.02. The number of alkyl halides is 1. The van der Waals surface area contributed by atoms with Crippen LogP contribution in [0.4, 0.5) is 4.39 Å². The van der Waals surface area contributed by atoms with Crippen LogP contribution in [0.2, 0.25) is 0 Å². The Bertz CT molecular complexity index is 631. The lowest BCUT2D eigenvalue weighted by Crippen LogP contribution is -2.40. The van der Waals surface area contributed by atoms with Crippen LogP contribution in [0.1, 0.15) is 12.2 Å². The van der Waals surface area contributed by atoms with Crippen molar-refractivity contribution in [3.05, 3.63) is 36.2 Å². The molecule has 1 aliphatic heterocycles. The third kappa shape index (κ3) is 2.75. The molecule has 0 unspecified atom stereocenters. The number of halogens is 1. The average molecular weight is 290 g/mol. The van der Waals surface area contributed by atoms with Gasteiger partial charge in [0, 0.05) is 13.0 Å². The molecule has 1 aromatic heterocycles. The lowest BCUT2D eigenvalue weighted by atomic mass is 10.2. The van der Waals surface area contributed by atoms with Gasteiger partial charge < -0.3 is 5.73 Å². The van der Waals surface area contributed by atoms with Crippen molar-refractivity contribution in [3.63, 3.8) is 0 Å². The van der Waals surface area contributed by atoms with Crippen molar-refractivity contribution < 1.29 is 9.18 Å². The van der Waals surface area contributed by atoms with Gasteiger partial charge in [-0.2, -0.15) is 4.68 Å². The summed E-state index contributed by atoms with van der Waals surface area (Å²) >= 11 is 0. The third-order valence-corrected chi connectivity index (χ3v) is 3.56. The predicted octanol–water partition coefficient (Wildman–Crippen LogP) is 0.0600. The Morgan fingerprint density at radius 3 is 2.86 bits per heavy atom. The zero-order valence-corrected chi connectivity index (χ0v) is 11.3. The maximum atomic E-state index is 13.5. The second-order valence-corrected chi connectivity index (χ2v) is 5.02. The van der Waals surface area contributed by atoms with Gasteiger partial charge in [-0.25, -0.2) is 4.39 Å². The Balaban J connectivity index is 1.83. The van der Waals surface area contributed by atoms with Crippen LogP contribution >= 0.6 is 0 Å². The minimum atomic E-state index is -1.05. The maximum Gasteiger partial charge on any atom is 0.234 e. The minimum absolute atomic E-state index is 0.127. The van der Waals surface area contributed by atoms with Crippen molar-refractivity contribution in [1.29, 1.82) is 0 Å². The summed E-state index contributed by atoms with van der Waals surface area (Å²) in [7, 11) is 0. The van der Waals surface area contributed by atoms with E-state index in [0.29, 0.717) is 5.82 Å². The van der Waals surface area contributed by atoms with Crippen LogP contribution in [-0.2, 0) is 11.3 Å². The molecule has 0 bridgehead atoms. The number of primary amides is 1. The van der Waals surface area contributed by atoms with E-state index in [-0.39, 0.29) is 19.5 Å². The lowest BCUT2D eigenvalue weighted by Gasteiger charge is -2.20. The Labute approximate surface area is 120 Å². The predicted molar refractivity (Wildman–Crippen MR) is 72.1 cm³/mol. The molecule has 2 aromatic rings. The van der Waals surface area contributed by atoms with Gasteiger partial charge in [0.1, 0.15) is 6.17 Å². The number of aromatic nitrogens is 4. The van der Waals surface area contributed by atoms with E-state index in [1.54, 1.807) is 9.58 Å². The lowest BCUT2D eigenvalue weighted by molar-refractivity contribution is -0.122. The van der Waals surface area contributed by atoms with Gasteiger partial charge in [-0.3, -0.25) is 9.69 Å². The summed E-state index contributed by atoms with van der Waals surface area (Å²) in [5, 5.41) is 11.6. The van der Waals surface area contributed by atoms with Crippen LogP contribution in [0, 0.1) is 0 Å². The van der Waals surface area contributed by atoms with E-state index in [9.17, 15) is 9.18 Å². The van der Waals surface area contributed by atoms with Gasteiger partial charge >= 0.3 is 0 Å². The molecule has 0 radical (unpaired) electrons. The Hall–Kier alpha value is -2.35. The zero-order valence-electron chi connectivity index (χ0n) is 11.3. The van der Waals surface area contributed by atoms with Crippen LogP contribution in [-0.4, -0.2) is 49.8 Å². The molecule has 1 saturated heterocycles. The molecular weight excluding hydrogens is 275 g/mol. The molecule has 0 aliphatic carbocycles. The van der Waals surface area contributed by atoms with E-state index in [1.807, 2.05) is 30.3 Å². The number of hydrogen-bond acceptors (Lipinski definition) is 5. The van der Waals surface area contributed by atoms with Gasteiger partial charge in [0.2, 0.25) is 5.91 Å². The van der Waals surface area contributed by atoms with Crippen molar-refractivity contribution in [2.75, 3.05) is 6.54 Å². The first-order chi connectivity index (χ1) is 10.1. The average Bonchev–Trinajstić information content (AvgIpc) is 3.07. The van der Waals surface area contributed by atoms with E-state index in [2.05, 4.69) is 15.5 Å². The number of amides is 1. The van der Waals surface area contributed by atoms with Gasteiger partial charge in [0.25, 0.3) is 0 Å². The zero-order chi connectivity index (χ0) is 14.8. The number of nitrogens with two attached hydrogens (primary N) is 1. The van der Waals surface area contributed by atoms with Crippen molar-refractivity contribution in [1.82, 2.24) is 25.1 Å². The number of tetrazole rings is 1. The largest absolute Gasteiger partial charge is 0.368 e. The highest BCUT2D eigenvalue weighted by molar-refractivity contribution is 5.80. The van der Waals surface area contributed by atoms with Gasteiger partial charge in [-0.05, 0) is 22.6 Å². The van der Waals surface area contributed by atoms with E-state index in [4.69, 9.17) is 5.73 Å². The van der Waals surface area contributed by atoms with E-state index in [0.717, 1.165) is 5.69 Å². The molecule has 2 N–H and O–H groups in total. The fourth-order valence-electron chi connectivity index (χ4n) is 2.57. The van der Waals surface area contributed by atoms with Gasteiger partial charge in [0.05, 0.1) is 18.3 Å².